The first kappa shape index (κ1) is 15.1. The van der Waals surface area contributed by atoms with Crippen LogP contribution < -0.4 is 0 Å². The summed E-state index contributed by atoms with van der Waals surface area (Å²) in [5.41, 5.74) is 1.78. The maximum absolute atomic E-state index is 12.8. The third kappa shape index (κ3) is 3.03. The second-order valence-electron chi connectivity index (χ2n) is 5.64. The number of hydrogen-bond donors (Lipinski definition) is 0. The Hall–Kier alpha value is -1.79. The van der Waals surface area contributed by atoms with Crippen LogP contribution in [-0.4, -0.2) is 46.1 Å². The first-order valence-electron chi connectivity index (χ1n) is 7.37. The zero-order chi connectivity index (χ0) is 15.7. The molecule has 5 nitrogen and oxygen atoms in total. The second-order valence-corrected chi connectivity index (χ2v) is 6.64. The van der Waals surface area contributed by atoms with E-state index in [1.54, 1.807) is 12.4 Å². The van der Waals surface area contributed by atoms with Crippen molar-refractivity contribution in [2.45, 2.75) is 33.0 Å². The maximum atomic E-state index is 12.8. The number of thiazole rings is 1. The number of nitrogens with zero attached hydrogens (tertiary/aromatic N) is 3. The van der Waals surface area contributed by atoms with Crippen LogP contribution in [-0.2, 0) is 4.74 Å². The van der Waals surface area contributed by atoms with Gasteiger partial charge in [0.25, 0.3) is 5.91 Å². The molecule has 0 bridgehead atoms. The first-order valence-corrected chi connectivity index (χ1v) is 8.19. The Morgan fingerprint density at radius 1 is 1.27 bits per heavy atom. The molecule has 0 saturated carbocycles. The molecule has 1 saturated heterocycles. The van der Waals surface area contributed by atoms with Gasteiger partial charge in [0.2, 0.25) is 0 Å². The summed E-state index contributed by atoms with van der Waals surface area (Å²) in [5, 5.41) is 0.859. The van der Waals surface area contributed by atoms with Crippen LogP contribution >= 0.6 is 11.3 Å². The third-order valence-corrected chi connectivity index (χ3v) is 4.82. The minimum atomic E-state index is 0.0531. The van der Waals surface area contributed by atoms with Gasteiger partial charge >= 0.3 is 0 Å². The van der Waals surface area contributed by atoms with Gasteiger partial charge < -0.3 is 9.64 Å². The third-order valence-electron chi connectivity index (χ3n) is 3.62. The molecular weight excluding hydrogens is 298 g/mol. The lowest BCUT2D eigenvalue weighted by Crippen LogP contribution is -2.48. The maximum Gasteiger partial charge on any atom is 0.266 e. The van der Waals surface area contributed by atoms with Crippen LogP contribution in [0, 0.1) is 6.92 Å². The number of ether oxygens (including phenoxy) is 1. The molecule has 1 fully saturated rings. The average molecular weight is 317 g/mol. The summed E-state index contributed by atoms with van der Waals surface area (Å²) >= 11 is 1.45. The summed E-state index contributed by atoms with van der Waals surface area (Å²) in [7, 11) is 0. The normalized spacial score (nSPS) is 21.9. The van der Waals surface area contributed by atoms with E-state index < -0.39 is 0 Å². The highest BCUT2D eigenvalue weighted by Gasteiger charge is 2.29. The molecule has 0 aromatic carbocycles. The summed E-state index contributed by atoms with van der Waals surface area (Å²) in [4.78, 5) is 23.9. The molecule has 2 aromatic rings. The van der Waals surface area contributed by atoms with Gasteiger partial charge in [-0.25, -0.2) is 4.98 Å². The minimum Gasteiger partial charge on any atom is -0.372 e. The van der Waals surface area contributed by atoms with Crippen molar-refractivity contribution in [3.63, 3.8) is 0 Å². The van der Waals surface area contributed by atoms with E-state index in [-0.39, 0.29) is 18.1 Å². The van der Waals surface area contributed by atoms with E-state index in [0.29, 0.717) is 18.0 Å². The molecule has 1 aliphatic heterocycles. The number of amides is 1. The zero-order valence-electron chi connectivity index (χ0n) is 12.9. The molecule has 6 heteroatoms. The molecule has 3 heterocycles. The van der Waals surface area contributed by atoms with Crippen molar-refractivity contribution in [3.05, 3.63) is 35.1 Å². The smallest absolute Gasteiger partial charge is 0.266 e. The van der Waals surface area contributed by atoms with Crippen LogP contribution in [0.3, 0.4) is 0 Å². The highest BCUT2D eigenvalue weighted by molar-refractivity contribution is 7.17. The lowest BCUT2D eigenvalue weighted by Gasteiger charge is -2.35. The van der Waals surface area contributed by atoms with Crippen molar-refractivity contribution < 1.29 is 9.53 Å². The topological polar surface area (TPSA) is 55.3 Å². The van der Waals surface area contributed by atoms with Crippen molar-refractivity contribution in [1.82, 2.24) is 14.9 Å². The molecule has 0 radical (unpaired) electrons. The number of rotatable bonds is 2. The number of hydrogen-bond acceptors (Lipinski definition) is 5. The van der Waals surface area contributed by atoms with Gasteiger partial charge in [-0.15, -0.1) is 11.3 Å². The standard InChI is InChI=1S/C16H19N3O2S/c1-10-8-19(9-11(2)21-10)16(20)14-12(3)18-15(22-14)13-4-6-17-7-5-13/h4-7,10-11H,8-9H2,1-3H3. The molecular formula is C16H19N3O2S. The van der Waals surface area contributed by atoms with E-state index in [4.69, 9.17) is 4.74 Å². The van der Waals surface area contributed by atoms with Crippen molar-refractivity contribution in [1.29, 1.82) is 0 Å². The SMILES string of the molecule is Cc1nc(-c2ccncc2)sc1C(=O)N1CC(C)OC(C)C1. The minimum absolute atomic E-state index is 0.0531. The number of aromatic nitrogens is 2. The number of pyridine rings is 1. The van der Waals surface area contributed by atoms with E-state index in [1.165, 1.54) is 11.3 Å². The molecule has 0 spiro atoms. The Kier molecular flexibility index (Phi) is 4.22. The van der Waals surface area contributed by atoms with Crippen molar-refractivity contribution in [3.8, 4) is 10.6 Å². The molecule has 1 aliphatic rings. The number of aryl methyl sites for hydroxylation is 1. The van der Waals surface area contributed by atoms with Gasteiger partial charge in [-0.3, -0.25) is 9.78 Å². The first-order chi connectivity index (χ1) is 10.5. The molecule has 3 rings (SSSR count). The summed E-state index contributed by atoms with van der Waals surface area (Å²) in [6.07, 6.45) is 3.61. The van der Waals surface area contributed by atoms with Crippen molar-refractivity contribution >= 4 is 17.2 Å². The summed E-state index contributed by atoms with van der Waals surface area (Å²) in [6, 6.07) is 3.82. The fraction of sp³-hybridized carbons (Fsp3) is 0.438. The van der Waals surface area contributed by atoms with Gasteiger partial charge in [0.15, 0.2) is 0 Å². The molecule has 0 aliphatic carbocycles. The molecule has 1 amide bonds. The molecule has 0 N–H and O–H groups in total. The van der Waals surface area contributed by atoms with E-state index in [0.717, 1.165) is 16.3 Å². The monoisotopic (exact) mass is 317 g/mol. The molecule has 2 atom stereocenters. The van der Waals surface area contributed by atoms with Crippen LogP contribution in [0.4, 0.5) is 0 Å². The Morgan fingerprint density at radius 3 is 2.55 bits per heavy atom. The largest absolute Gasteiger partial charge is 0.372 e. The zero-order valence-corrected chi connectivity index (χ0v) is 13.8. The predicted octanol–water partition coefficient (Wildman–Crippen LogP) is 2.76. The van der Waals surface area contributed by atoms with Gasteiger partial charge in [0.1, 0.15) is 9.88 Å². The second kappa shape index (κ2) is 6.14. The highest BCUT2D eigenvalue weighted by atomic mass is 32.1. The van der Waals surface area contributed by atoms with E-state index in [1.807, 2.05) is 37.8 Å². The predicted molar refractivity (Wildman–Crippen MR) is 86.0 cm³/mol. The Labute approximate surface area is 134 Å². The van der Waals surface area contributed by atoms with E-state index in [2.05, 4.69) is 9.97 Å². The van der Waals surface area contributed by atoms with Crippen molar-refractivity contribution in [2.24, 2.45) is 0 Å². The number of carbonyl (C=O) groups is 1. The summed E-state index contributed by atoms with van der Waals surface area (Å²) in [5.74, 6) is 0.0531. The fourth-order valence-corrected chi connectivity index (χ4v) is 3.74. The fourth-order valence-electron chi connectivity index (χ4n) is 2.70. The number of carbonyl (C=O) groups excluding carboxylic acids is 1. The quantitative estimate of drug-likeness (QED) is 0.854. The van der Waals surface area contributed by atoms with Crippen LogP contribution in [0.5, 0.6) is 0 Å². The average Bonchev–Trinajstić information content (AvgIpc) is 2.88. The van der Waals surface area contributed by atoms with Gasteiger partial charge in [-0.05, 0) is 32.9 Å². The van der Waals surface area contributed by atoms with Crippen LogP contribution in [0.2, 0.25) is 0 Å². The molecule has 2 unspecified atom stereocenters. The lowest BCUT2D eigenvalue weighted by atomic mass is 10.2. The highest BCUT2D eigenvalue weighted by Crippen LogP contribution is 2.29. The van der Waals surface area contributed by atoms with E-state index >= 15 is 0 Å². The Bertz CT molecular complexity index is 661. The summed E-state index contributed by atoms with van der Waals surface area (Å²) in [6.45, 7) is 7.15. The Morgan fingerprint density at radius 2 is 1.91 bits per heavy atom. The molecule has 2 aromatic heterocycles. The van der Waals surface area contributed by atoms with Gasteiger partial charge in [0, 0.05) is 31.0 Å². The Balaban J connectivity index is 1.86. The van der Waals surface area contributed by atoms with Gasteiger partial charge in [-0.2, -0.15) is 0 Å². The number of morpholine rings is 1. The van der Waals surface area contributed by atoms with Crippen LogP contribution in [0.1, 0.15) is 29.2 Å². The van der Waals surface area contributed by atoms with Gasteiger partial charge in [-0.1, -0.05) is 0 Å². The van der Waals surface area contributed by atoms with Crippen molar-refractivity contribution in [2.75, 3.05) is 13.1 Å². The van der Waals surface area contributed by atoms with E-state index in [9.17, 15) is 4.79 Å². The van der Waals surface area contributed by atoms with Gasteiger partial charge in [0.05, 0.1) is 17.9 Å². The van der Waals surface area contributed by atoms with Crippen LogP contribution in [0.25, 0.3) is 10.6 Å². The lowest BCUT2D eigenvalue weighted by molar-refractivity contribution is -0.0585. The van der Waals surface area contributed by atoms with Crippen LogP contribution in [0.15, 0.2) is 24.5 Å². The molecule has 116 valence electrons. The summed E-state index contributed by atoms with van der Waals surface area (Å²) < 4.78 is 5.69. The molecule has 22 heavy (non-hydrogen) atoms.